The zero-order valence-electron chi connectivity index (χ0n) is 17.9. The van der Waals surface area contributed by atoms with Crippen LogP contribution in [0.5, 0.6) is 0 Å². The van der Waals surface area contributed by atoms with Gasteiger partial charge in [-0.05, 0) is 44.4 Å². The topological polar surface area (TPSA) is 49.4 Å². The lowest BCUT2D eigenvalue weighted by Gasteiger charge is -2.31. The van der Waals surface area contributed by atoms with Crippen molar-refractivity contribution in [1.82, 2.24) is 10.2 Å². The van der Waals surface area contributed by atoms with E-state index in [-0.39, 0.29) is 17.9 Å². The fraction of sp³-hybridized carbons (Fsp3) is 0.417. The highest BCUT2D eigenvalue weighted by Crippen LogP contribution is 2.20. The molecule has 4 nitrogen and oxygen atoms in total. The average molecular weight is 413 g/mol. The summed E-state index contributed by atoms with van der Waals surface area (Å²) in [6.07, 6.45) is 1.44. The van der Waals surface area contributed by atoms with Crippen LogP contribution < -0.4 is 5.32 Å². The molecule has 0 unspecified atom stereocenters. The van der Waals surface area contributed by atoms with E-state index in [4.69, 9.17) is 0 Å². The van der Waals surface area contributed by atoms with Crippen LogP contribution in [-0.2, 0) is 16.1 Å². The standard InChI is InChI=1S/C24H32N2O2S/c1-5-19(4)25-24(28)22(6-2)26(16-20-12-10-11-18(3)15-20)23(27)17-29-21-13-8-7-9-14-21/h7-15,19,22H,5-6,16-17H2,1-4H3,(H,25,28)/t19-,22-/m0/s1. The molecule has 0 fully saturated rings. The first-order valence-electron chi connectivity index (χ1n) is 10.3. The van der Waals surface area contributed by atoms with Gasteiger partial charge in [-0.15, -0.1) is 11.8 Å². The number of benzene rings is 2. The highest BCUT2D eigenvalue weighted by molar-refractivity contribution is 8.00. The molecular weight excluding hydrogens is 380 g/mol. The maximum Gasteiger partial charge on any atom is 0.243 e. The molecule has 0 aliphatic rings. The van der Waals surface area contributed by atoms with Crippen molar-refractivity contribution in [2.45, 2.75) is 64.1 Å². The van der Waals surface area contributed by atoms with Gasteiger partial charge in [0.05, 0.1) is 5.75 Å². The highest BCUT2D eigenvalue weighted by Gasteiger charge is 2.29. The maximum atomic E-state index is 13.2. The number of amides is 2. The molecule has 2 rings (SSSR count). The molecule has 0 saturated carbocycles. The average Bonchev–Trinajstić information content (AvgIpc) is 2.72. The third kappa shape index (κ3) is 7.24. The summed E-state index contributed by atoms with van der Waals surface area (Å²) in [6, 6.07) is 17.6. The van der Waals surface area contributed by atoms with Gasteiger partial charge >= 0.3 is 0 Å². The molecule has 0 aliphatic heterocycles. The molecule has 0 aromatic heterocycles. The van der Waals surface area contributed by atoms with Crippen LogP contribution in [0.2, 0.25) is 0 Å². The molecule has 2 aromatic rings. The van der Waals surface area contributed by atoms with Gasteiger partial charge in [0.2, 0.25) is 11.8 Å². The van der Waals surface area contributed by atoms with Crippen molar-refractivity contribution in [3.63, 3.8) is 0 Å². The predicted molar refractivity (Wildman–Crippen MR) is 121 cm³/mol. The fourth-order valence-electron chi connectivity index (χ4n) is 3.11. The first-order valence-corrected chi connectivity index (χ1v) is 11.3. The molecule has 156 valence electrons. The number of hydrogen-bond acceptors (Lipinski definition) is 3. The van der Waals surface area contributed by atoms with Crippen molar-refractivity contribution in [1.29, 1.82) is 0 Å². The molecule has 0 bridgehead atoms. The van der Waals surface area contributed by atoms with Crippen LogP contribution in [0, 0.1) is 6.92 Å². The Balaban J connectivity index is 2.20. The second-order valence-electron chi connectivity index (χ2n) is 7.35. The van der Waals surface area contributed by atoms with E-state index in [1.165, 1.54) is 11.8 Å². The van der Waals surface area contributed by atoms with E-state index in [2.05, 4.69) is 11.4 Å². The number of rotatable bonds is 10. The molecular formula is C24H32N2O2S. The Morgan fingerprint density at radius 2 is 1.76 bits per heavy atom. The molecule has 29 heavy (non-hydrogen) atoms. The number of nitrogens with one attached hydrogen (secondary N) is 1. The van der Waals surface area contributed by atoms with E-state index in [1.54, 1.807) is 4.90 Å². The molecule has 2 amide bonds. The quantitative estimate of drug-likeness (QED) is 0.570. The second-order valence-corrected chi connectivity index (χ2v) is 8.40. The van der Waals surface area contributed by atoms with E-state index in [0.29, 0.717) is 18.7 Å². The Bertz CT molecular complexity index is 794. The molecule has 0 aliphatic carbocycles. The highest BCUT2D eigenvalue weighted by atomic mass is 32.2. The van der Waals surface area contributed by atoms with E-state index in [9.17, 15) is 9.59 Å². The van der Waals surface area contributed by atoms with Crippen molar-refractivity contribution >= 4 is 23.6 Å². The molecule has 0 heterocycles. The first kappa shape index (κ1) is 23.0. The Labute approximate surface area is 179 Å². The van der Waals surface area contributed by atoms with E-state index < -0.39 is 6.04 Å². The molecule has 0 saturated heterocycles. The molecule has 2 aromatic carbocycles. The minimum atomic E-state index is -0.478. The molecule has 1 N–H and O–H groups in total. The summed E-state index contributed by atoms with van der Waals surface area (Å²) in [7, 11) is 0. The smallest absolute Gasteiger partial charge is 0.243 e. The Hall–Kier alpha value is -2.27. The van der Waals surface area contributed by atoms with Crippen LogP contribution in [0.1, 0.15) is 44.7 Å². The zero-order valence-corrected chi connectivity index (χ0v) is 18.7. The lowest BCUT2D eigenvalue weighted by molar-refractivity contribution is -0.139. The van der Waals surface area contributed by atoms with E-state index in [1.807, 2.05) is 76.2 Å². The van der Waals surface area contributed by atoms with Crippen molar-refractivity contribution in [3.05, 3.63) is 65.7 Å². The van der Waals surface area contributed by atoms with Crippen molar-refractivity contribution in [3.8, 4) is 0 Å². The Morgan fingerprint density at radius 1 is 1.03 bits per heavy atom. The minimum absolute atomic E-state index is 0.0217. The van der Waals surface area contributed by atoms with Gasteiger partial charge in [0.15, 0.2) is 0 Å². The van der Waals surface area contributed by atoms with Gasteiger partial charge < -0.3 is 10.2 Å². The number of hydrogen-bond donors (Lipinski definition) is 1. The van der Waals surface area contributed by atoms with Crippen LogP contribution in [0.25, 0.3) is 0 Å². The minimum Gasteiger partial charge on any atom is -0.352 e. The van der Waals surface area contributed by atoms with Crippen molar-refractivity contribution in [2.24, 2.45) is 0 Å². The number of nitrogens with zero attached hydrogens (tertiary/aromatic N) is 1. The van der Waals surface area contributed by atoms with Gasteiger partial charge in [-0.3, -0.25) is 9.59 Å². The third-order valence-electron chi connectivity index (χ3n) is 4.93. The summed E-state index contributed by atoms with van der Waals surface area (Å²) in [6.45, 7) is 8.46. The van der Waals surface area contributed by atoms with E-state index in [0.717, 1.165) is 22.4 Å². The van der Waals surface area contributed by atoms with Crippen molar-refractivity contribution < 1.29 is 9.59 Å². The molecule has 0 spiro atoms. The number of aryl methyl sites for hydroxylation is 1. The third-order valence-corrected chi connectivity index (χ3v) is 5.92. The number of carbonyl (C=O) groups excluding carboxylic acids is 2. The van der Waals surface area contributed by atoms with Crippen molar-refractivity contribution in [2.75, 3.05) is 5.75 Å². The lowest BCUT2D eigenvalue weighted by atomic mass is 10.1. The second kappa shape index (κ2) is 11.7. The van der Waals surface area contributed by atoms with Crippen LogP contribution in [-0.4, -0.2) is 34.6 Å². The number of thioether (sulfide) groups is 1. The SMILES string of the molecule is CC[C@H](C)NC(=O)[C@H](CC)N(Cc1cccc(C)c1)C(=O)CSc1ccccc1. The van der Waals surface area contributed by atoms with Crippen LogP contribution in [0.3, 0.4) is 0 Å². The summed E-state index contributed by atoms with van der Waals surface area (Å²) in [5, 5.41) is 3.05. The fourth-order valence-corrected chi connectivity index (χ4v) is 3.92. The van der Waals surface area contributed by atoms with Gasteiger partial charge in [-0.2, -0.15) is 0 Å². The summed E-state index contributed by atoms with van der Waals surface area (Å²) in [5.74, 6) is 0.210. The van der Waals surface area contributed by atoms with Gasteiger partial charge in [0, 0.05) is 17.5 Å². The summed E-state index contributed by atoms with van der Waals surface area (Å²) >= 11 is 1.51. The predicted octanol–water partition coefficient (Wildman–Crippen LogP) is 4.81. The summed E-state index contributed by atoms with van der Waals surface area (Å²) in [5.41, 5.74) is 2.18. The van der Waals surface area contributed by atoms with Crippen LogP contribution in [0.15, 0.2) is 59.5 Å². The Kier molecular flexibility index (Phi) is 9.26. The maximum absolute atomic E-state index is 13.2. The normalized spacial score (nSPS) is 12.8. The molecule has 2 atom stereocenters. The molecule has 0 radical (unpaired) electrons. The Morgan fingerprint density at radius 3 is 2.38 bits per heavy atom. The van der Waals surface area contributed by atoms with Crippen LogP contribution in [0.4, 0.5) is 0 Å². The van der Waals surface area contributed by atoms with E-state index >= 15 is 0 Å². The zero-order chi connectivity index (χ0) is 21.2. The van der Waals surface area contributed by atoms with Gasteiger partial charge in [0.1, 0.15) is 6.04 Å². The van der Waals surface area contributed by atoms with Gasteiger partial charge in [0.25, 0.3) is 0 Å². The largest absolute Gasteiger partial charge is 0.352 e. The number of carbonyl (C=O) groups is 2. The van der Waals surface area contributed by atoms with Gasteiger partial charge in [-0.25, -0.2) is 0 Å². The monoisotopic (exact) mass is 412 g/mol. The summed E-state index contributed by atoms with van der Waals surface area (Å²) in [4.78, 5) is 28.9. The van der Waals surface area contributed by atoms with Gasteiger partial charge in [-0.1, -0.05) is 61.9 Å². The molecule has 5 heteroatoms. The first-order chi connectivity index (χ1) is 13.9. The lowest BCUT2D eigenvalue weighted by Crippen LogP contribution is -2.51. The summed E-state index contributed by atoms with van der Waals surface area (Å²) < 4.78 is 0. The van der Waals surface area contributed by atoms with Crippen LogP contribution >= 0.6 is 11.8 Å².